The first-order valence-corrected chi connectivity index (χ1v) is 10.5. The topological polar surface area (TPSA) is 80.0 Å². The molecular formula is C21H19BrN4OS. The van der Waals surface area contributed by atoms with E-state index in [1.165, 1.54) is 11.8 Å². The van der Waals surface area contributed by atoms with Crippen LogP contribution in [0.2, 0.25) is 0 Å². The van der Waals surface area contributed by atoms with Crippen LogP contribution in [-0.2, 0) is 16.9 Å². The van der Waals surface area contributed by atoms with Crippen LogP contribution < -0.4 is 16.6 Å². The minimum Gasteiger partial charge on any atom is -0.299 e. The van der Waals surface area contributed by atoms with Crippen LogP contribution in [0.15, 0.2) is 76.8 Å². The van der Waals surface area contributed by atoms with E-state index in [2.05, 4.69) is 37.7 Å². The van der Waals surface area contributed by atoms with E-state index in [0.29, 0.717) is 6.54 Å². The van der Waals surface area contributed by atoms with Crippen LogP contribution in [0.25, 0.3) is 10.9 Å². The van der Waals surface area contributed by atoms with E-state index in [1.54, 1.807) is 0 Å². The van der Waals surface area contributed by atoms with Crippen molar-refractivity contribution >= 4 is 44.5 Å². The number of nitrogens with zero attached hydrogens (tertiary/aromatic N) is 1. The fraction of sp³-hybridized carbons (Fsp3) is 0.143. The first-order valence-electron chi connectivity index (χ1n) is 8.81. The van der Waals surface area contributed by atoms with Gasteiger partial charge in [-0.15, -0.1) is 11.8 Å². The van der Waals surface area contributed by atoms with Crippen molar-refractivity contribution in [3.63, 3.8) is 0 Å². The predicted octanol–water partition coefficient (Wildman–Crippen LogP) is 3.60. The second-order valence-electron chi connectivity index (χ2n) is 6.54. The second-order valence-corrected chi connectivity index (χ2v) is 8.48. The second kappa shape index (κ2) is 8.05. The first kappa shape index (κ1) is 19.1. The number of hydrogen-bond donors (Lipinski definition) is 3. The maximum Gasteiger partial charge on any atom is 0.249 e. The Morgan fingerprint density at radius 2 is 1.96 bits per heavy atom. The molecule has 142 valence electrons. The maximum atomic E-state index is 12.5. The number of pyridine rings is 1. The highest BCUT2D eigenvalue weighted by Gasteiger charge is 2.45. The van der Waals surface area contributed by atoms with Crippen molar-refractivity contribution in [2.24, 2.45) is 5.84 Å². The van der Waals surface area contributed by atoms with Gasteiger partial charge in [-0.2, -0.15) is 0 Å². The Kier molecular flexibility index (Phi) is 5.50. The molecule has 2 heterocycles. The van der Waals surface area contributed by atoms with Crippen molar-refractivity contribution in [2.45, 2.75) is 17.3 Å². The van der Waals surface area contributed by atoms with E-state index < -0.39 is 10.8 Å². The Hall–Kier alpha value is -2.19. The molecule has 2 atom stereocenters. The Morgan fingerprint density at radius 3 is 2.75 bits per heavy atom. The molecule has 5 nitrogen and oxygen atoms in total. The van der Waals surface area contributed by atoms with Gasteiger partial charge in [0.15, 0.2) is 0 Å². The largest absolute Gasteiger partial charge is 0.299 e. The molecule has 0 bridgehead atoms. The van der Waals surface area contributed by atoms with Gasteiger partial charge in [-0.3, -0.25) is 20.5 Å². The standard InChI is InChI=1S/C21H19BrN4OS/c22-16-7-5-15(6-8-16)21(10-12-28-19(21)20(27)26-23)25-13-14-9-11-24-18-4-2-1-3-17(14)18/h1-12,19,25H,13,23H2,(H,26,27). The molecular weight excluding hydrogens is 436 g/mol. The van der Waals surface area contributed by atoms with Crippen molar-refractivity contribution in [1.82, 2.24) is 15.7 Å². The van der Waals surface area contributed by atoms with Gasteiger partial charge in [0, 0.05) is 22.6 Å². The van der Waals surface area contributed by atoms with Gasteiger partial charge >= 0.3 is 0 Å². The van der Waals surface area contributed by atoms with Crippen molar-refractivity contribution in [2.75, 3.05) is 0 Å². The van der Waals surface area contributed by atoms with Crippen LogP contribution in [0, 0.1) is 0 Å². The average Bonchev–Trinajstić information content (AvgIpc) is 3.17. The third kappa shape index (κ3) is 3.46. The van der Waals surface area contributed by atoms with Crippen LogP contribution in [0.4, 0.5) is 0 Å². The van der Waals surface area contributed by atoms with Gasteiger partial charge in [0.1, 0.15) is 5.25 Å². The minimum absolute atomic E-state index is 0.218. The van der Waals surface area contributed by atoms with Crippen LogP contribution >= 0.6 is 27.7 Å². The van der Waals surface area contributed by atoms with E-state index in [9.17, 15) is 4.79 Å². The number of halogens is 1. The summed E-state index contributed by atoms with van der Waals surface area (Å²) in [4.78, 5) is 17.0. The molecule has 0 aliphatic carbocycles. The molecule has 0 fully saturated rings. The number of carbonyl (C=O) groups is 1. The third-order valence-electron chi connectivity index (χ3n) is 4.97. The van der Waals surface area contributed by atoms with Gasteiger partial charge in [0.25, 0.3) is 0 Å². The number of rotatable bonds is 5. The smallest absolute Gasteiger partial charge is 0.249 e. The highest BCUT2D eigenvalue weighted by molar-refractivity contribution is 9.10. The highest BCUT2D eigenvalue weighted by Crippen LogP contribution is 2.42. The lowest BCUT2D eigenvalue weighted by atomic mass is 9.85. The molecule has 1 aromatic heterocycles. The highest BCUT2D eigenvalue weighted by atomic mass is 79.9. The van der Waals surface area contributed by atoms with Gasteiger partial charge in [0.2, 0.25) is 5.91 Å². The Balaban J connectivity index is 1.73. The van der Waals surface area contributed by atoms with Crippen LogP contribution in [0.5, 0.6) is 0 Å². The summed E-state index contributed by atoms with van der Waals surface area (Å²) >= 11 is 4.94. The first-order chi connectivity index (χ1) is 13.6. The van der Waals surface area contributed by atoms with E-state index in [-0.39, 0.29) is 5.91 Å². The van der Waals surface area contributed by atoms with Crippen LogP contribution in [-0.4, -0.2) is 16.1 Å². The van der Waals surface area contributed by atoms with E-state index in [0.717, 1.165) is 26.5 Å². The number of nitrogens with one attached hydrogen (secondary N) is 2. The van der Waals surface area contributed by atoms with Crippen molar-refractivity contribution in [3.8, 4) is 0 Å². The predicted molar refractivity (Wildman–Crippen MR) is 117 cm³/mol. The summed E-state index contributed by atoms with van der Waals surface area (Å²) in [5.74, 6) is 5.26. The molecule has 0 radical (unpaired) electrons. The number of carbonyl (C=O) groups excluding carboxylic acids is 1. The quantitative estimate of drug-likeness (QED) is 0.311. The number of fused-ring (bicyclic) bond motifs is 1. The lowest BCUT2D eigenvalue weighted by Gasteiger charge is -2.35. The molecule has 0 spiro atoms. The van der Waals surface area contributed by atoms with E-state index in [4.69, 9.17) is 5.84 Å². The van der Waals surface area contributed by atoms with E-state index in [1.807, 2.05) is 66.2 Å². The zero-order chi connectivity index (χ0) is 19.6. The van der Waals surface area contributed by atoms with Gasteiger partial charge < -0.3 is 0 Å². The minimum atomic E-state index is -0.667. The zero-order valence-electron chi connectivity index (χ0n) is 14.9. The molecule has 4 rings (SSSR count). The van der Waals surface area contributed by atoms with Gasteiger partial charge in [-0.25, -0.2) is 5.84 Å². The molecule has 1 aliphatic rings. The van der Waals surface area contributed by atoms with E-state index >= 15 is 0 Å². The summed E-state index contributed by atoms with van der Waals surface area (Å²) in [5.41, 5.74) is 4.72. The molecule has 7 heteroatoms. The summed E-state index contributed by atoms with van der Waals surface area (Å²) in [6, 6.07) is 18.1. The third-order valence-corrected chi connectivity index (χ3v) is 6.65. The fourth-order valence-corrected chi connectivity index (χ4v) is 4.96. The van der Waals surface area contributed by atoms with Crippen molar-refractivity contribution in [3.05, 3.63) is 87.9 Å². The Bertz CT molecular complexity index is 1030. The number of para-hydroxylation sites is 1. The molecule has 2 aromatic carbocycles. The van der Waals surface area contributed by atoms with Crippen molar-refractivity contribution in [1.29, 1.82) is 0 Å². The summed E-state index contributed by atoms with van der Waals surface area (Å²) in [5, 5.41) is 6.28. The Morgan fingerprint density at radius 1 is 1.18 bits per heavy atom. The number of aromatic nitrogens is 1. The summed E-state index contributed by atoms with van der Waals surface area (Å²) in [6.45, 7) is 0.582. The number of hydrazine groups is 1. The van der Waals surface area contributed by atoms with Gasteiger partial charge in [-0.05, 0) is 40.8 Å². The SMILES string of the molecule is NNC(=O)C1SC=CC1(NCc1ccnc2ccccc12)c1ccc(Br)cc1. The lowest BCUT2D eigenvalue weighted by Crippen LogP contribution is -2.54. The number of thioether (sulfide) groups is 1. The molecule has 1 amide bonds. The number of nitrogens with two attached hydrogens (primary N) is 1. The summed E-state index contributed by atoms with van der Waals surface area (Å²) in [7, 11) is 0. The molecule has 2 unspecified atom stereocenters. The fourth-order valence-electron chi connectivity index (χ4n) is 3.54. The summed E-state index contributed by atoms with van der Waals surface area (Å²) in [6.07, 6.45) is 3.86. The molecule has 1 aliphatic heterocycles. The number of benzene rings is 2. The van der Waals surface area contributed by atoms with Crippen LogP contribution in [0.1, 0.15) is 11.1 Å². The molecule has 3 aromatic rings. The molecule has 0 saturated carbocycles. The number of amides is 1. The molecule has 28 heavy (non-hydrogen) atoms. The zero-order valence-corrected chi connectivity index (χ0v) is 17.3. The number of hydrogen-bond acceptors (Lipinski definition) is 5. The van der Waals surface area contributed by atoms with Crippen LogP contribution in [0.3, 0.4) is 0 Å². The lowest BCUT2D eigenvalue weighted by molar-refractivity contribution is -0.121. The molecule has 0 saturated heterocycles. The normalized spacial score (nSPS) is 21.1. The van der Waals surface area contributed by atoms with Crippen molar-refractivity contribution < 1.29 is 4.79 Å². The maximum absolute atomic E-state index is 12.5. The summed E-state index contributed by atoms with van der Waals surface area (Å²) < 4.78 is 0.987. The monoisotopic (exact) mass is 454 g/mol. The average molecular weight is 455 g/mol. The Labute approximate surface area is 175 Å². The van der Waals surface area contributed by atoms with Gasteiger partial charge in [-0.1, -0.05) is 52.3 Å². The van der Waals surface area contributed by atoms with Gasteiger partial charge in [0.05, 0.1) is 11.1 Å². The molecule has 4 N–H and O–H groups in total.